The van der Waals surface area contributed by atoms with Crippen molar-refractivity contribution in [3.63, 3.8) is 0 Å². The summed E-state index contributed by atoms with van der Waals surface area (Å²) in [5.41, 5.74) is 11.3. The predicted molar refractivity (Wildman–Crippen MR) is 69.0 cm³/mol. The van der Waals surface area contributed by atoms with Crippen LogP contribution in [0.1, 0.15) is 13.8 Å². The molecule has 1 atom stereocenters. The van der Waals surface area contributed by atoms with Crippen LogP contribution in [-0.2, 0) is 4.79 Å². The van der Waals surface area contributed by atoms with Gasteiger partial charge in [0.15, 0.2) is 0 Å². The van der Waals surface area contributed by atoms with Crippen LogP contribution in [0.5, 0.6) is 0 Å². The monoisotopic (exact) mass is 252 g/mol. The van der Waals surface area contributed by atoms with Crippen molar-refractivity contribution in [1.82, 2.24) is 0 Å². The number of carbonyl (C=O) groups is 1. The second-order valence-corrected chi connectivity index (χ2v) is 4.34. The third kappa shape index (κ3) is 3.34. The van der Waals surface area contributed by atoms with Gasteiger partial charge in [0.1, 0.15) is 6.04 Å². The Balaban J connectivity index is 3.03. The summed E-state index contributed by atoms with van der Waals surface area (Å²) in [6, 6.07) is 3.48. The smallest absolute Gasteiger partial charge is 0.273 e. The summed E-state index contributed by atoms with van der Waals surface area (Å²) in [5.74, 6) is -0.557. The zero-order chi connectivity index (χ0) is 13.9. The van der Waals surface area contributed by atoms with E-state index in [1.807, 2.05) is 13.8 Å². The maximum atomic E-state index is 11.2. The number of benzene rings is 1. The number of hydrogen-bond acceptors (Lipinski definition) is 5. The van der Waals surface area contributed by atoms with Gasteiger partial charge in [-0.1, -0.05) is 13.8 Å². The topological polar surface area (TPSA) is 124 Å². The van der Waals surface area contributed by atoms with E-state index < -0.39 is 16.9 Å². The number of anilines is 2. The number of nitrogens with two attached hydrogens (primary N) is 2. The average Bonchev–Trinajstić information content (AvgIpc) is 2.24. The Kier molecular flexibility index (Phi) is 4.09. The molecule has 5 N–H and O–H groups in total. The van der Waals surface area contributed by atoms with Gasteiger partial charge in [-0.25, -0.2) is 0 Å². The molecule has 0 spiro atoms. The van der Waals surface area contributed by atoms with E-state index >= 15 is 0 Å². The molecule has 98 valence electrons. The lowest BCUT2D eigenvalue weighted by atomic mass is 10.0. The van der Waals surface area contributed by atoms with Crippen molar-refractivity contribution < 1.29 is 9.72 Å². The molecule has 0 bridgehead atoms. The minimum absolute atomic E-state index is 0.0389. The minimum atomic E-state index is -0.605. The molecule has 1 rings (SSSR count). The molecule has 0 heterocycles. The Bertz CT molecular complexity index is 473. The van der Waals surface area contributed by atoms with E-state index in [0.29, 0.717) is 5.69 Å². The van der Waals surface area contributed by atoms with Gasteiger partial charge in [0.2, 0.25) is 5.91 Å². The fourth-order valence-electron chi connectivity index (χ4n) is 1.57. The normalized spacial score (nSPS) is 12.2. The number of rotatable bonds is 5. The fourth-order valence-corrected chi connectivity index (χ4v) is 1.57. The molecule has 1 amide bonds. The molecule has 0 fully saturated rings. The highest BCUT2D eigenvalue weighted by Gasteiger charge is 2.20. The molecule has 1 aromatic rings. The van der Waals surface area contributed by atoms with Crippen molar-refractivity contribution in [1.29, 1.82) is 0 Å². The van der Waals surface area contributed by atoms with E-state index in [-0.39, 0.29) is 17.3 Å². The Hall–Kier alpha value is -2.31. The van der Waals surface area contributed by atoms with Crippen molar-refractivity contribution in [3.05, 3.63) is 28.3 Å². The molecule has 18 heavy (non-hydrogen) atoms. The number of nitrogens with zero attached hydrogens (tertiary/aromatic N) is 1. The Labute approximate surface area is 104 Å². The van der Waals surface area contributed by atoms with E-state index in [9.17, 15) is 14.9 Å². The zero-order valence-electron chi connectivity index (χ0n) is 10.2. The molecule has 0 aliphatic carbocycles. The lowest BCUT2D eigenvalue weighted by molar-refractivity contribution is -0.384. The van der Waals surface area contributed by atoms with Gasteiger partial charge >= 0.3 is 0 Å². The highest BCUT2D eigenvalue weighted by Crippen LogP contribution is 2.23. The molecule has 0 radical (unpaired) electrons. The number of nitro groups is 1. The first-order valence-electron chi connectivity index (χ1n) is 5.42. The second kappa shape index (κ2) is 5.35. The summed E-state index contributed by atoms with van der Waals surface area (Å²) < 4.78 is 0. The number of non-ortho nitro benzene ring substituents is 1. The van der Waals surface area contributed by atoms with Crippen LogP contribution in [0.25, 0.3) is 0 Å². The van der Waals surface area contributed by atoms with Gasteiger partial charge in [-0.3, -0.25) is 14.9 Å². The quantitative estimate of drug-likeness (QED) is 0.411. The summed E-state index contributed by atoms with van der Waals surface area (Å²) in [7, 11) is 0. The lowest BCUT2D eigenvalue weighted by Gasteiger charge is -2.20. The van der Waals surface area contributed by atoms with Crippen LogP contribution in [0.3, 0.4) is 0 Å². The highest BCUT2D eigenvalue weighted by molar-refractivity contribution is 5.83. The van der Waals surface area contributed by atoms with E-state index in [1.54, 1.807) is 0 Å². The van der Waals surface area contributed by atoms with Gasteiger partial charge in [-0.2, -0.15) is 0 Å². The molecular weight excluding hydrogens is 236 g/mol. The third-order valence-corrected chi connectivity index (χ3v) is 2.45. The molecule has 0 aromatic heterocycles. The van der Waals surface area contributed by atoms with Gasteiger partial charge in [0, 0.05) is 23.5 Å². The number of nitrogens with one attached hydrogen (secondary N) is 1. The van der Waals surface area contributed by atoms with Crippen LogP contribution in [0.2, 0.25) is 0 Å². The summed E-state index contributed by atoms with van der Waals surface area (Å²) in [6.45, 7) is 3.65. The Morgan fingerprint density at radius 1 is 1.39 bits per heavy atom. The van der Waals surface area contributed by atoms with E-state index in [0.717, 1.165) is 0 Å². The fraction of sp³-hybridized carbons (Fsp3) is 0.364. The van der Waals surface area contributed by atoms with Gasteiger partial charge < -0.3 is 16.8 Å². The summed E-state index contributed by atoms with van der Waals surface area (Å²) in [4.78, 5) is 21.4. The number of hydrogen-bond donors (Lipinski definition) is 3. The highest BCUT2D eigenvalue weighted by atomic mass is 16.6. The molecule has 1 unspecified atom stereocenters. The van der Waals surface area contributed by atoms with Crippen LogP contribution in [0.15, 0.2) is 18.2 Å². The zero-order valence-corrected chi connectivity index (χ0v) is 10.2. The summed E-state index contributed by atoms with van der Waals surface area (Å²) in [5, 5.41) is 13.5. The van der Waals surface area contributed by atoms with E-state index in [2.05, 4.69) is 5.32 Å². The van der Waals surface area contributed by atoms with Gasteiger partial charge in [0.25, 0.3) is 5.69 Å². The molecule has 1 aromatic carbocycles. The maximum Gasteiger partial charge on any atom is 0.273 e. The molecule has 0 aliphatic heterocycles. The summed E-state index contributed by atoms with van der Waals surface area (Å²) >= 11 is 0. The SMILES string of the molecule is CC(C)C(Nc1cc(N)cc([N+](=O)[O-])c1)C(N)=O. The van der Waals surface area contributed by atoms with Crippen LogP contribution in [0, 0.1) is 16.0 Å². The largest absolute Gasteiger partial charge is 0.398 e. The van der Waals surface area contributed by atoms with Gasteiger partial charge in [0.05, 0.1) is 4.92 Å². The van der Waals surface area contributed by atoms with Crippen molar-refractivity contribution in [2.45, 2.75) is 19.9 Å². The van der Waals surface area contributed by atoms with E-state index in [4.69, 9.17) is 11.5 Å². The Morgan fingerprint density at radius 2 is 2.00 bits per heavy atom. The first kappa shape index (κ1) is 13.8. The van der Waals surface area contributed by atoms with Crippen LogP contribution in [-0.4, -0.2) is 16.9 Å². The number of amides is 1. The van der Waals surface area contributed by atoms with Gasteiger partial charge in [-0.05, 0) is 12.0 Å². The number of carbonyl (C=O) groups excluding carboxylic acids is 1. The standard InChI is InChI=1S/C11H16N4O3/c1-6(2)10(11(13)16)14-8-3-7(12)4-9(5-8)15(17)18/h3-6,10,14H,12H2,1-2H3,(H2,13,16). The number of primary amides is 1. The van der Waals surface area contributed by atoms with Crippen LogP contribution < -0.4 is 16.8 Å². The molecule has 0 aliphatic rings. The van der Waals surface area contributed by atoms with E-state index in [1.165, 1.54) is 18.2 Å². The summed E-state index contributed by atoms with van der Waals surface area (Å²) in [6.07, 6.45) is 0. The second-order valence-electron chi connectivity index (χ2n) is 4.34. The number of nitro benzene ring substituents is 1. The lowest BCUT2D eigenvalue weighted by Crippen LogP contribution is -2.39. The first-order chi connectivity index (χ1) is 8.31. The molecule has 0 saturated heterocycles. The first-order valence-corrected chi connectivity index (χ1v) is 5.42. The third-order valence-electron chi connectivity index (χ3n) is 2.45. The molecule has 0 saturated carbocycles. The molecule has 7 heteroatoms. The van der Waals surface area contributed by atoms with Crippen LogP contribution in [0.4, 0.5) is 17.1 Å². The number of nitrogen functional groups attached to an aromatic ring is 1. The van der Waals surface area contributed by atoms with Crippen molar-refractivity contribution in [3.8, 4) is 0 Å². The average molecular weight is 252 g/mol. The molecular formula is C11H16N4O3. The maximum absolute atomic E-state index is 11.2. The predicted octanol–water partition coefficient (Wildman–Crippen LogP) is 1.10. The Morgan fingerprint density at radius 3 is 2.44 bits per heavy atom. The van der Waals surface area contributed by atoms with Crippen molar-refractivity contribution >= 4 is 23.0 Å². The van der Waals surface area contributed by atoms with Crippen LogP contribution >= 0.6 is 0 Å². The van der Waals surface area contributed by atoms with Crippen molar-refractivity contribution in [2.75, 3.05) is 11.1 Å². The molecule has 7 nitrogen and oxygen atoms in total. The van der Waals surface area contributed by atoms with Crippen molar-refractivity contribution in [2.24, 2.45) is 11.7 Å². The van der Waals surface area contributed by atoms with Gasteiger partial charge in [-0.15, -0.1) is 0 Å². The minimum Gasteiger partial charge on any atom is -0.398 e.